The highest BCUT2D eigenvalue weighted by Crippen LogP contribution is 2.32. The van der Waals surface area contributed by atoms with Crippen LogP contribution in [0.1, 0.15) is 15.4 Å². The van der Waals surface area contributed by atoms with Crippen LogP contribution in [0, 0.1) is 0 Å². The van der Waals surface area contributed by atoms with Gasteiger partial charge in [0, 0.05) is 19.4 Å². The first-order chi connectivity index (χ1) is 9.81. The lowest BCUT2D eigenvalue weighted by Crippen LogP contribution is -2.38. The lowest BCUT2D eigenvalue weighted by molar-refractivity contribution is 0.0975. The molecule has 2 aromatic rings. The first-order valence-corrected chi connectivity index (χ1v) is 6.99. The Kier molecular flexibility index (Phi) is 3.62. The molecule has 0 atom stereocenters. The molecule has 1 aliphatic heterocycles. The minimum absolute atomic E-state index is 0.0860. The molecule has 3 heterocycles. The van der Waals surface area contributed by atoms with Gasteiger partial charge in [0.2, 0.25) is 0 Å². The Bertz CT molecular complexity index is 629. The first-order valence-electron chi connectivity index (χ1n) is 6.11. The van der Waals surface area contributed by atoms with E-state index in [2.05, 4.69) is 9.97 Å². The van der Waals surface area contributed by atoms with Gasteiger partial charge in [-0.2, -0.15) is 0 Å². The maximum atomic E-state index is 12.7. The maximum Gasteiger partial charge on any atom is 0.270 e. The third-order valence-corrected chi connectivity index (χ3v) is 3.84. The molecule has 0 radical (unpaired) electrons. The van der Waals surface area contributed by atoms with Crippen molar-refractivity contribution < 1.29 is 14.3 Å². The molecule has 0 N–H and O–H groups in total. The van der Waals surface area contributed by atoms with Crippen LogP contribution in [0.3, 0.4) is 0 Å². The highest BCUT2D eigenvalue weighted by molar-refractivity contribution is 7.12. The largest absolute Gasteiger partial charge is 0.489 e. The number of methoxy groups -OCH3 is 1. The van der Waals surface area contributed by atoms with Crippen molar-refractivity contribution in [1.82, 2.24) is 9.97 Å². The molecule has 0 aromatic carbocycles. The second-order valence-corrected chi connectivity index (χ2v) is 5.06. The number of ether oxygens (including phenoxy) is 2. The van der Waals surface area contributed by atoms with Gasteiger partial charge in [-0.1, -0.05) is 0 Å². The van der Waals surface area contributed by atoms with Crippen molar-refractivity contribution in [2.75, 3.05) is 25.2 Å². The Morgan fingerprint density at radius 3 is 3.35 bits per heavy atom. The van der Waals surface area contributed by atoms with Gasteiger partial charge in [0.25, 0.3) is 5.91 Å². The molecule has 0 unspecified atom stereocenters. The standard InChI is InChI=1S/C13H13N3O3S/c1-18-7-9-12(20-8-15-9)13(17)16-4-5-19-11-2-3-14-6-10(11)16/h2-3,6,8H,4-5,7H2,1H3. The number of thiazole rings is 1. The molecule has 20 heavy (non-hydrogen) atoms. The number of aromatic nitrogens is 2. The zero-order chi connectivity index (χ0) is 13.9. The molecular formula is C13H13N3O3S. The predicted octanol–water partition coefficient (Wildman–Crippen LogP) is 1.72. The molecule has 7 heteroatoms. The summed E-state index contributed by atoms with van der Waals surface area (Å²) in [6.45, 7) is 1.30. The second kappa shape index (κ2) is 5.56. The molecule has 104 valence electrons. The Morgan fingerprint density at radius 1 is 1.60 bits per heavy atom. The summed E-state index contributed by atoms with van der Waals surface area (Å²) in [6, 6.07) is 1.76. The number of pyridine rings is 1. The SMILES string of the molecule is COCc1ncsc1C(=O)N1CCOc2ccncc21. The van der Waals surface area contributed by atoms with E-state index >= 15 is 0 Å². The van der Waals surface area contributed by atoms with Crippen molar-refractivity contribution in [3.05, 3.63) is 34.5 Å². The van der Waals surface area contributed by atoms with Gasteiger partial charge in [-0.3, -0.25) is 14.7 Å². The average molecular weight is 291 g/mol. The van der Waals surface area contributed by atoms with E-state index in [-0.39, 0.29) is 5.91 Å². The van der Waals surface area contributed by atoms with E-state index in [1.165, 1.54) is 11.3 Å². The number of fused-ring (bicyclic) bond motifs is 1. The number of hydrogen-bond acceptors (Lipinski definition) is 6. The molecular weight excluding hydrogens is 278 g/mol. The fraction of sp³-hybridized carbons (Fsp3) is 0.308. The molecule has 1 amide bonds. The summed E-state index contributed by atoms with van der Waals surface area (Å²) in [6.07, 6.45) is 3.29. The number of anilines is 1. The zero-order valence-corrected chi connectivity index (χ0v) is 11.7. The normalized spacial score (nSPS) is 13.8. The van der Waals surface area contributed by atoms with Crippen LogP contribution in [0.15, 0.2) is 24.0 Å². The number of amides is 1. The fourth-order valence-electron chi connectivity index (χ4n) is 2.08. The van der Waals surface area contributed by atoms with Crippen LogP contribution >= 0.6 is 11.3 Å². The molecule has 1 aliphatic rings. The van der Waals surface area contributed by atoms with E-state index in [9.17, 15) is 4.79 Å². The van der Waals surface area contributed by atoms with Gasteiger partial charge in [-0.05, 0) is 0 Å². The third-order valence-electron chi connectivity index (χ3n) is 2.99. The Balaban J connectivity index is 1.94. The van der Waals surface area contributed by atoms with E-state index in [0.717, 1.165) is 0 Å². The van der Waals surface area contributed by atoms with Gasteiger partial charge in [0.1, 0.15) is 22.9 Å². The smallest absolute Gasteiger partial charge is 0.270 e. The van der Waals surface area contributed by atoms with Gasteiger partial charge >= 0.3 is 0 Å². The van der Waals surface area contributed by atoms with Gasteiger partial charge in [0.15, 0.2) is 0 Å². The molecule has 0 aliphatic carbocycles. The van der Waals surface area contributed by atoms with Crippen molar-refractivity contribution in [2.45, 2.75) is 6.61 Å². The summed E-state index contributed by atoms with van der Waals surface area (Å²) < 4.78 is 10.6. The molecule has 3 rings (SSSR count). The zero-order valence-electron chi connectivity index (χ0n) is 10.9. The predicted molar refractivity (Wildman–Crippen MR) is 74.2 cm³/mol. The van der Waals surface area contributed by atoms with Crippen LogP contribution < -0.4 is 9.64 Å². The Morgan fingerprint density at radius 2 is 2.50 bits per heavy atom. The van der Waals surface area contributed by atoms with Crippen LogP contribution in [0.4, 0.5) is 5.69 Å². The fourth-order valence-corrected chi connectivity index (χ4v) is 2.83. The maximum absolute atomic E-state index is 12.7. The molecule has 0 spiro atoms. The van der Waals surface area contributed by atoms with Gasteiger partial charge in [0.05, 0.1) is 30.6 Å². The summed E-state index contributed by atoms with van der Waals surface area (Å²) in [4.78, 5) is 23.2. The number of nitrogens with zero attached hydrogens (tertiary/aromatic N) is 3. The van der Waals surface area contributed by atoms with Crippen LogP contribution in [-0.4, -0.2) is 36.1 Å². The van der Waals surface area contributed by atoms with Crippen LogP contribution in [0.25, 0.3) is 0 Å². The molecule has 0 saturated heterocycles. The number of hydrogen-bond donors (Lipinski definition) is 0. The van der Waals surface area contributed by atoms with Crippen LogP contribution in [0.2, 0.25) is 0 Å². The van der Waals surface area contributed by atoms with Crippen LogP contribution in [-0.2, 0) is 11.3 Å². The quantitative estimate of drug-likeness (QED) is 0.861. The lowest BCUT2D eigenvalue weighted by atomic mass is 10.2. The van der Waals surface area contributed by atoms with Crippen molar-refractivity contribution in [2.24, 2.45) is 0 Å². The van der Waals surface area contributed by atoms with E-state index in [4.69, 9.17) is 9.47 Å². The van der Waals surface area contributed by atoms with Crippen molar-refractivity contribution in [3.8, 4) is 5.75 Å². The molecule has 2 aromatic heterocycles. The van der Waals surface area contributed by atoms with Crippen LogP contribution in [0.5, 0.6) is 5.75 Å². The second-order valence-electron chi connectivity index (χ2n) is 4.21. The number of carbonyl (C=O) groups excluding carboxylic acids is 1. The van der Waals surface area contributed by atoms with Crippen molar-refractivity contribution >= 4 is 22.9 Å². The molecule has 6 nitrogen and oxygen atoms in total. The summed E-state index contributed by atoms with van der Waals surface area (Å²) in [5.41, 5.74) is 3.02. The first kappa shape index (κ1) is 13.0. The average Bonchev–Trinajstić information content (AvgIpc) is 2.94. The minimum Gasteiger partial charge on any atom is -0.489 e. The summed E-state index contributed by atoms with van der Waals surface area (Å²) in [5, 5.41) is 0. The Hall–Kier alpha value is -1.99. The topological polar surface area (TPSA) is 64.5 Å². The van der Waals surface area contributed by atoms with Gasteiger partial charge in [-0.25, -0.2) is 4.98 Å². The number of rotatable bonds is 3. The van der Waals surface area contributed by atoms with Gasteiger partial charge in [-0.15, -0.1) is 11.3 Å². The number of carbonyl (C=O) groups is 1. The monoisotopic (exact) mass is 291 g/mol. The Labute approximate surface area is 120 Å². The highest BCUT2D eigenvalue weighted by Gasteiger charge is 2.27. The van der Waals surface area contributed by atoms with Crippen molar-refractivity contribution in [3.63, 3.8) is 0 Å². The van der Waals surface area contributed by atoms with E-state index in [0.29, 0.717) is 41.8 Å². The lowest BCUT2D eigenvalue weighted by Gasteiger charge is -2.28. The van der Waals surface area contributed by atoms with E-state index < -0.39 is 0 Å². The summed E-state index contributed by atoms with van der Waals surface area (Å²) >= 11 is 1.32. The summed E-state index contributed by atoms with van der Waals surface area (Å²) in [7, 11) is 1.58. The van der Waals surface area contributed by atoms with E-state index in [1.54, 1.807) is 36.0 Å². The van der Waals surface area contributed by atoms with E-state index in [1.807, 2.05) is 0 Å². The molecule has 0 bridgehead atoms. The van der Waals surface area contributed by atoms with Crippen molar-refractivity contribution in [1.29, 1.82) is 0 Å². The third kappa shape index (κ3) is 2.25. The molecule has 0 fully saturated rings. The van der Waals surface area contributed by atoms with Gasteiger partial charge < -0.3 is 9.47 Å². The highest BCUT2D eigenvalue weighted by atomic mass is 32.1. The minimum atomic E-state index is -0.0860. The molecule has 0 saturated carbocycles. The summed E-state index contributed by atoms with van der Waals surface area (Å²) in [5.74, 6) is 0.592.